The molecule has 0 unspecified atom stereocenters. The molecule has 2 heterocycles. The normalized spacial score (nSPS) is 29.1. The molecule has 3 aliphatic carbocycles. The van der Waals surface area contributed by atoms with Crippen molar-refractivity contribution in [3.63, 3.8) is 0 Å². The zero-order valence-electron chi connectivity index (χ0n) is 30.0. The van der Waals surface area contributed by atoms with Gasteiger partial charge in [-0.2, -0.15) is 5.06 Å². The second kappa shape index (κ2) is 14.2. The number of hydrogen-bond donors (Lipinski definition) is 4. The number of carbonyl (C=O) groups excluding carboxylic acids is 2. The van der Waals surface area contributed by atoms with Gasteiger partial charge in [0, 0.05) is 42.6 Å². The number of methoxy groups -OCH3 is 1. The minimum atomic E-state index is -0.891. The van der Waals surface area contributed by atoms with Gasteiger partial charge in [0.15, 0.2) is 0 Å². The molecule has 268 valence electrons. The number of ether oxygens (including phenoxy) is 2. The number of aliphatic hydroxyl groups excluding tert-OH is 2. The molecule has 2 amide bonds. The molecular formula is C38H54N4O7. The number of carbonyl (C=O) groups is 2. The maximum atomic E-state index is 14.2. The van der Waals surface area contributed by atoms with Gasteiger partial charge in [-0.1, -0.05) is 39.0 Å². The van der Waals surface area contributed by atoms with Crippen molar-refractivity contribution in [2.24, 2.45) is 29.1 Å². The summed E-state index contributed by atoms with van der Waals surface area (Å²) in [6, 6.07) is 8.92. The predicted molar refractivity (Wildman–Crippen MR) is 186 cm³/mol. The molecule has 8 atom stereocenters. The Bertz CT molecular complexity index is 1540. The maximum Gasteiger partial charge on any atom is 0.255 e. The summed E-state index contributed by atoms with van der Waals surface area (Å²) in [4.78, 5) is 35.8. The monoisotopic (exact) mass is 678 g/mol. The number of nitrogens with one attached hydrogen (secondary N) is 2. The van der Waals surface area contributed by atoms with E-state index in [-0.39, 0.29) is 36.4 Å². The van der Waals surface area contributed by atoms with Gasteiger partial charge >= 0.3 is 0 Å². The Morgan fingerprint density at radius 1 is 1.20 bits per heavy atom. The first kappa shape index (κ1) is 35.6. The number of benzene rings is 2. The third-order valence-corrected chi connectivity index (χ3v) is 11.9. The molecule has 3 saturated carbocycles. The van der Waals surface area contributed by atoms with Crippen molar-refractivity contribution in [1.29, 1.82) is 0 Å². The van der Waals surface area contributed by atoms with E-state index in [1.54, 1.807) is 19.1 Å². The fraction of sp³-hybridized carbons (Fsp3) is 0.632. The van der Waals surface area contributed by atoms with Crippen molar-refractivity contribution < 1.29 is 34.1 Å². The summed E-state index contributed by atoms with van der Waals surface area (Å²) < 4.78 is 11.9. The van der Waals surface area contributed by atoms with Gasteiger partial charge in [0.05, 0.1) is 38.5 Å². The van der Waals surface area contributed by atoms with E-state index in [9.17, 15) is 19.8 Å². The number of hydrogen-bond acceptors (Lipinski definition) is 9. The summed E-state index contributed by atoms with van der Waals surface area (Å²) in [5, 5.41) is 29.1. The first-order valence-electron chi connectivity index (χ1n) is 17.8. The first-order valence-corrected chi connectivity index (χ1v) is 17.8. The topological polar surface area (TPSA) is 133 Å². The van der Waals surface area contributed by atoms with E-state index < -0.39 is 24.2 Å². The molecule has 2 aliphatic heterocycles. The third-order valence-electron chi connectivity index (χ3n) is 11.9. The highest BCUT2D eigenvalue weighted by atomic mass is 16.7. The number of aliphatic hydroxyl groups is 2. The molecule has 11 nitrogen and oxygen atoms in total. The molecule has 4 N–H and O–H groups in total. The second-order valence-electron chi connectivity index (χ2n) is 15.4. The highest BCUT2D eigenvalue weighted by molar-refractivity contribution is 5.99. The molecule has 2 aromatic carbocycles. The lowest BCUT2D eigenvalue weighted by Gasteiger charge is -2.62. The van der Waals surface area contributed by atoms with Gasteiger partial charge in [-0.25, -0.2) is 0 Å². The predicted octanol–water partition coefficient (Wildman–Crippen LogP) is 3.25. The molecule has 2 aromatic rings. The van der Waals surface area contributed by atoms with Gasteiger partial charge in [0.25, 0.3) is 5.91 Å². The minimum Gasteiger partial charge on any atom is -0.496 e. The summed E-state index contributed by atoms with van der Waals surface area (Å²) >= 11 is 0. The highest BCUT2D eigenvalue weighted by Crippen LogP contribution is 2.61. The first-order chi connectivity index (χ1) is 23.3. The molecular weight excluding hydrogens is 624 g/mol. The van der Waals surface area contributed by atoms with Crippen LogP contribution in [0, 0.1) is 29.1 Å². The van der Waals surface area contributed by atoms with E-state index in [0.717, 1.165) is 28.7 Å². The Labute approximate surface area is 290 Å². The quantitative estimate of drug-likeness (QED) is 0.267. The van der Waals surface area contributed by atoms with Gasteiger partial charge in [0.2, 0.25) is 5.91 Å². The van der Waals surface area contributed by atoms with Gasteiger partial charge in [-0.3, -0.25) is 14.4 Å². The van der Waals surface area contributed by atoms with E-state index in [1.807, 2.05) is 49.3 Å². The lowest BCUT2D eigenvalue weighted by atomic mass is 9.45. The molecule has 7 rings (SSSR count). The molecule has 11 heteroatoms. The summed E-state index contributed by atoms with van der Waals surface area (Å²) in [5.74, 6) is 1.67. The number of hydroxylamine groups is 2. The highest BCUT2D eigenvalue weighted by Gasteiger charge is 2.57. The van der Waals surface area contributed by atoms with Crippen LogP contribution in [0.3, 0.4) is 0 Å². The molecule has 2 bridgehead atoms. The van der Waals surface area contributed by atoms with Gasteiger partial charge < -0.3 is 35.2 Å². The van der Waals surface area contributed by atoms with E-state index in [1.165, 1.54) is 6.42 Å². The summed E-state index contributed by atoms with van der Waals surface area (Å²) in [6.45, 7) is 10.1. The van der Waals surface area contributed by atoms with E-state index in [0.29, 0.717) is 60.9 Å². The zero-order chi connectivity index (χ0) is 35.2. The lowest BCUT2D eigenvalue weighted by molar-refractivity contribution is -0.183. The SMILES string of the molecule is COc1c(CN2O[C@@H](CO)[C@@H]([C@H](C)O)[C@H]2C(=O)N[C@@H]2C[C@@H]3C[C@@H]([C@@H]2C)C3(C)C)cccc1-c1cc2c(c(C(=O)NCCN(C)C)c1)OCC2. The molecule has 1 saturated heterocycles. The second-order valence-corrected chi connectivity index (χ2v) is 15.4. The van der Waals surface area contributed by atoms with E-state index in [2.05, 4.69) is 31.4 Å². The van der Waals surface area contributed by atoms with Gasteiger partial charge in [-0.15, -0.1) is 0 Å². The zero-order valence-corrected chi connectivity index (χ0v) is 30.0. The number of rotatable bonds is 12. The largest absolute Gasteiger partial charge is 0.496 e. The lowest BCUT2D eigenvalue weighted by Crippen LogP contribution is -2.62. The van der Waals surface area contributed by atoms with Crippen molar-refractivity contribution >= 4 is 11.8 Å². The van der Waals surface area contributed by atoms with Crippen LogP contribution in [0.2, 0.25) is 0 Å². The van der Waals surface area contributed by atoms with Crippen molar-refractivity contribution in [2.45, 2.75) is 77.8 Å². The number of fused-ring (bicyclic) bond motifs is 3. The smallest absolute Gasteiger partial charge is 0.255 e. The van der Waals surface area contributed by atoms with Gasteiger partial charge in [-0.05, 0) is 80.3 Å². The van der Waals surface area contributed by atoms with Crippen LogP contribution in [0.1, 0.15) is 62.0 Å². The Morgan fingerprint density at radius 3 is 2.63 bits per heavy atom. The van der Waals surface area contributed by atoms with E-state index in [4.69, 9.17) is 14.3 Å². The fourth-order valence-corrected chi connectivity index (χ4v) is 8.95. The Kier molecular flexibility index (Phi) is 10.3. The molecule has 0 radical (unpaired) electrons. The molecule has 0 aromatic heterocycles. The fourth-order valence-electron chi connectivity index (χ4n) is 8.95. The van der Waals surface area contributed by atoms with Crippen molar-refractivity contribution in [2.75, 3.05) is 47.5 Å². The van der Waals surface area contributed by atoms with Crippen molar-refractivity contribution in [1.82, 2.24) is 20.6 Å². The summed E-state index contributed by atoms with van der Waals surface area (Å²) in [6.07, 6.45) is 1.20. The van der Waals surface area contributed by atoms with Crippen molar-refractivity contribution in [3.8, 4) is 22.6 Å². The Hall–Kier alpha value is -3.22. The van der Waals surface area contributed by atoms with Crippen LogP contribution in [-0.4, -0.2) is 104 Å². The molecule has 5 aliphatic rings. The Morgan fingerprint density at radius 2 is 1.98 bits per heavy atom. The van der Waals surface area contributed by atoms with Crippen LogP contribution < -0.4 is 20.1 Å². The third kappa shape index (κ3) is 6.68. The summed E-state index contributed by atoms with van der Waals surface area (Å²) in [7, 11) is 5.53. The van der Waals surface area contributed by atoms with Crippen molar-refractivity contribution in [3.05, 3.63) is 47.0 Å². The number of amides is 2. The molecule has 0 spiro atoms. The van der Waals surface area contributed by atoms with Crippen LogP contribution in [0.15, 0.2) is 30.3 Å². The maximum absolute atomic E-state index is 14.2. The van der Waals surface area contributed by atoms with Crippen LogP contribution in [-0.2, 0) is 22.6 Å². The van der Waals surface area contributed by atoms with Crippen LogP contribution in [0.25, 0.3) is 11.1 Å². The van der Waals surface area contributed by atoms with E-state index >= 15 is 0 Å². The Balaban J connectivity index is 1.28. The number of para-hydroxylation sites is 1. The van der Waals surface area contributed by atoms with Crippen LogP contribution in [0.5, 0.6) is 11.5 Å². The number of nitrogens with zero attached hydrogens (tertiary/aromatic N) is 2. The number of likely N-dealkylation sites (N-methyl/N-ethyl adjacent to an activating group) is 1. The van der Waals surface area contributed by atoms with Crippen LogP contribution in [0.4, 0.5) is 0 Å². The average Bonchev–Trinajstić information content (AvgIpc) is 3.69. The van der Waals surface area contributed by atoms with Crippen LogP contribution >= 0.6 is 0 Å². The average molecular weight is 679 g/mol. The summed E-state index contributed by atoms with van der Waals surface area (Å²) in [5.41, 5.74) is 4.12. The van der Waals surface area contributed by atoms with Gasteiger partial charge in [0.1, 0.15) is 23.6 Å². The molecule has 4 fully saturated rings. The minimum absolute atomic E-state index is 0.0462. The standard InChI is InChI=1S/C38H54N4O7/c1-21-29-17-26(38(29,3)4)18-30(21)40-37(46)33-32(22(2)44)31(20-43)49-42(33)19-24-9-8-10-27(34(24)47-7)25-15-23-11-14-48-35(23)28(16-25)36(45)39-12-13-41(5)6/h8-10,15-16,21-22,26,29-33,43-44H,11-14,17-20H2,1-7H3,(H,39,45)(H,40,46)/t21-,22-,26-,29-,30+,31-,32+,33-/m0/s1. The molecule has 49 heavy (non-hydrogen) atoms.